The van der Waals surface area contributed by atoms with Crippen LogP contribution in [0.15, 0.2) is 0 Å². The molecule has 3 nitrogen and oxygen atoms in total. The van der Waals surface area contributed by atoms with Crippen LogP contribution in [0.5, 0.6) is 0 Å². The van der Waals surface area contributed by atoms with E-state index in [0.29, 0.717) is 11.8 Å². The van der Waals surface area contributed by atoms with Crippen LogP contribution >= 0.6 is 11.6 Å². The minimum atomic E-state index is -0.987. The van der Waals surface area contributed by atoms with Crippen molar-refractivity contribution in [3.05, 3.63) is 17.2 Å². The van der Waals surface area contributed by atoms with Gasteiger partial charge in [-0.3, -0.25) is 0 Å². The van der Waals surface area contributed by atoms with E-state index in [4.69, 9.17) is 16.3 Å². The number of nitrogens with zero attached hydrogens (tertiary/aromatic N) is 1. The maximum atomic E-state index is 5.79. The van der Waals surface area contributed by atoms with Gasteiger partial charge in [-0.2, -0.15) is 11.6 Å². The summed E-state index contributed by atoms with van der Waals surface area (Å²) in [5.41, 5.74) is 0.738. The average Bonchev–Trinajstić information content (AvgIpc) is 2.44. The van der Waals surface area contributed by atoms with Gasteiger partial charge < -0.3 is 14.7 Å². The Balaban J connectivity index is 0.00000196. The van der Waals surface area contributed by atoms with Crippen molar-refractivity contribution in [3.63, 3.8) is 0 Å². The van der Waals surface area contributed by atoms with Crippen molar-refractivity contribution in [2.45, 2.75) is 32.3 Å². The van der Waals surface area contributed by atoms with Crippen LogP contribution in [-0.4, -0.2) is 24.6 Å². The van der Waals surface area contributed by atoms with Crippen LogP contribution in [0.3, 0.4) is 0 Å². The molecule has 1 aromatic heterocycles. The van der Waals surface area contributed by atoms with Crippen LogP contribution in [0.4, 0.5) is 0 Å². The molecule has 0 saturated heterocycles. The van der Waals surface area contributed by atoms with E-state index in [0.717, 1.165) is 12.3 Å². The predicted octanol–water partition coefficient (Wildman–Crippen LogP) is 2.72. The molecule has 0 atom stereocenters. The van der Waals surface area contributed by atoms with Gasteiger partial charge in [0.05, 0.1) is 0 Å². The SMILES string of the molecule is C[Si](C)(C)CCOCc1n[c-][nH]c1Cl.[Zn]. The quantitative estimate of drug-likeness (QED) is 0.515. The smallest absolute Gasteiger partial charge is 0.0466 e. The number of hydrogen-bond acceptors (Lipinski definition) is 2. The largest absolute Gasteiger partial charge is 0.452 e. The van der Waals surface area contributed by atoms with Crippen molar-refractivity contribution >= 4 is 19.7 Å². The zero-order valence-electron chi connectivity index (χ0n) is 9.56. The summed E-state index contributed by atoms with van der Waals surface area (Å²) in [6.45, 7) is 8.24. The Morgan fingerprint density at radius 2 is 2.13 bits per heavy atom. The molecule has 1 heterocycles. The number of halogens is 1. The fraction of sp³-hybridized carbons (Fsp3) is 0.667. The van der Waals surface area contributed by atoms with Gasteiger partial charge in [0.2, 0.25) is 0 Å². The molecule has 0 fully saturated rings. The molecule has 15 heavy (non-hydrogen) atoms. The first-order chi connectivity index (χ1) is 6.49. The minimum absolute atomic E-state index is 0. The summed E-state index contributed by atoms with van der Waals surface area (Å²) in [5.74, 6) is 0. The Kier molecular flexibility index (Phi) is 6.93. The molecule has 0 aromatic carbocycles. The van der Waals surface area contributed by atoms with Gasteiger partial charge in [-0.15, -0.1) is 0 Å². The minimum Gasteiger partial charge on any atom is -0.452 e. The molecule has 0 bridgehead atoms. The van der Waals surface area contributed by atoms with E-state index < -0.39 is 8.07 Å². The van der Waals surface area contributed by atoms with Crippen molar-refractivity contribution < 1.29 is 24.2 Å². The number of H-pyrrole nitrogens is 1. The first kappa shape index (κ1) is 15.3. The number of imidazole rings is 1. The number of nitrogens with one attached hydrogen (secondary N) is 1. The third-order valence-electron chi connectivity index (χ3n) is 1.85. The average molecular weight is 297 g/mol. The van der Waals surface area contributed by atoms with E-state index in [-0.39, 0.29) is 19.5 Å². The van der Waals surface area contributed by atoms with Gasteiger partial charge in [0.15, 0.2) is 0 Å². The third kappa shape index (κ3) is 6.46. The van der Waals surface area contributed by atoms with Gasteiger partial charge in [-0.25, -0.2) is 0 Å². The number of ether oxygens (including phenoxy) is 1. The van der Waals surface area contributed by atoms with Gasteiger partial charge in [0.1, 0.15) is 0 Å². The Hall–Kier alpha value is 0.300. The number of rotatable bonds is 5. The molecule has 0 unspecified atom stereocenters. The molecule has 0 aliphatic carbocycles. The monoisotopic (exact) mass is 295 g/mol. The molecule has 1 rings (SSSR count). The summed E-state index contributed by atoms with van der Waals surface area (Å²) >= 11 is 5.79. The van der Waals surface area contributed by atoms with Crippen LogP contribution in [0.1, 0.15) is 5.69 Å². The predicted molar refractivity (Wildman–Crippen MR) is 60.2 cm³/mol. The summed E-state index contributed by atoms with van der Waals surface area (Å²) in [6, 6.07) is 1.17. The fourth-order valence-electron chi connectivity index (χ4n) is 0.909. The first-order valence-electron chi connectivity index (χ1n) is 4.67. The first-order valence-corrected chi connectivity index (χ1v) is 8.76. The topological polar surface area (TPSA) is 37.9 Å². The Morgan fingerprint density at radius 1 is 1.47 bits per heavy atom. The number of aromatic amines is 1. The molecule has 82 valence electrons. The van der Waals surface area contributed by atoms with Gasteiger partial charge in [-0.05, 0) is 17.5 Å². The standard InChI is InChI=1S/C9H16ClN2OSi.Zn/c1-14(2,3)5-4-13-6-8-9(10)12-7-11-8;/h4-6H2,1-3H3,(H,11,12);/q-1;. The van der Waals surface area contributed by atoms with Crippen LogP contribution in [-0.2, 0) is 30.8 Å². The van der Waals surface area contributed by atoms with Crippen LogP contribution in [0, 0.1) is 6.33 Å². The molecular weight excluding hydrogens is 281 g/mol. The molecular formula is C9H16ClN2OSiZn-. The Labute approximate surface area is 110 Å². The zero-order valence-corrected chi connectivity index (χ0v) is 14.3. The maximum absolute atomic E-state index is 5.79. The molecule has 0 amide bonds. The summed E-state index contributed by atoms with van der Waals surface area (Å²) in [5, 5.41) is 0.526. The Morgan fingerprint density at radius 3 is 2.60 bits per heavy atom. The van der Waals surface area contributed by atoms with Gasteiger partial charge >= 0.3 is 0 Å². The summed E-state index contributed by atoms with van der Waals surface area (Å²) in [6.07, 6.45) is 2.58. The van der Waals surface area contributed by atoms with E-state index in [2.05, 4.69) is 35.9 Å². The van der Waals surface area contributed by atoms with Crippen LogP contribution in [0.25, 0.3) is 0 Å². The van der Waals surface area contributed by atoms with E-state index in [1.165, 1.54) is 6.04 Å². The molecule has 1 aromatic rings. The molecule has 1 N–H and O–H groups in total. The van der Waals surface area contributed by atoms with Crippen LogP contribution in [0.2, 0.25) is 30.8 Å². The normalized spacial score (nSPS) is 11.2. The molecule has 0 spiro atoms. The molecule has 0 saturated carbocycles. The maximum Gasteiger partial charge on any atom is 0.0466 e. The second-order valence-electron chi connectivity index (χ2n) is 4.47. The second kappa shape index (κ2) is 6.79. The summed E-state index contributed by atoms with van der Waals surface area (Å²) in [7, 11) is -0.987. The molecule has 0 radical (unpaired) electrons. The van der Waals surface area contributed by atoms with Crippen molar-refractivity contribution in [3.8, 4) is 0 Å². The fourth-order valence-corrected chi connectivity index (χ4v) is 1.80. The molecule has 0 aliphatic rings. The van der Waals surface area contributed by atoms with Gasteiger partial charge in [0.25, 0.3) is 0 Å². The molecule has 0 aliphatic heterocycles. The van der Waals surface area contributed by atoms with Gasteiger partial charge in [-0.1, -0.05) is 25.3 Å². The van der Waals surface area contributed by atoms with Crippen molar-refractivity contribution in [1.29, 1.82) is 0 Å². The summed E-state index contributed by atoms with van der Waals surface area (Å²) in [4.78, 5) is 6.61. The van der Waals surface area contributed by atoms with E-state index >= 15 is 0 Å². The van der Waals surface area contributed by atoms with E-state index in [9.17, 15) is 0 Å². The van der Waals surface area contributed by atoms with E-state index in [1.54, 1.807) is 0 Å². The number of aromatic nitrogens is 2. The van der Waals surface area contributed by atoms with Gasteiger partial charge in [0, 0.05) is 40.8 Å². The van der Waals surface area contributed by atoms with Crippen LogP contribution < -0.4 is 0 Å². The van der Waals surface area contributed by atoms with Crippen molar-refractivity contribution in [2.75, 3.05) is 6.61 Å². The summed E-state index contributed by atoms with van der Waals surface area (Å²) < 4.78 is 5.48. The number of hydrogen-bond donors (Lipinski definition) is 1. The Bertz CT molecular complexity index is 288. The van der Waals surface area contributed by atoms with Crippen molar-refractivity contribution in [1.82, 2.24) is 9.97 Å². The van der Waals surface area contributed by atoms with E-state index in [1.807, 2.05) is 0 Å². The van der Waals surface area contributed by atoms with Crippen molar-refractivity contribution in [2.24, 2.45) is 0 Å². The second-order valence-corrected chi connectivity index (χ2v) is 10.5. The zero-order chi connectivity index (χ0) is 10.6. The molecule has 6 heteroatoms. The third-order valence-corrected chi connectivity index (χ3v) is 3.86.